The van der Waals surface area contributed by atoms with E-state index < -0.39 is 0 Å². The Labute approximate surface area is 123 Å². The van der Waals surface area contributed by atoms with Gasteiger partial charge in [0.15, 0.2) is 0 Å². The van der Waals surface area contributed by atoms with Gasteiger partial charge >= 0.3 is 0 Å². The Bertz CT molecular complexity index is 819. The second-order valence-electron chi connectivity index (χ2n) is 5.72. The van der Waals surface area contributed by atoms with Crippen LogP contribution >= 0.6 is 0 Å². The number of aromatic nitrogens is 2. The molecule has 1 atom stereocenters. The van der Waals surface area contributed by atoms with E-state index in [1.807, 2.05) is 12.1 Å². The summed E-state index contributed by atoms with van der Waals surface area (Å²) in [6, 6.07) is 14.9. The third-order valence-corrected chi connectivity index (χ3v) is 4.15. The number of aryl methyl sites for hydroxylation is 1. The normalized spacial score (nSPS) is 17.5. The summed E-state index contributed by atoms with van der Waals surface area (Å²) in [6.07, 6.45) is 1.04. The van der Waals surface area contributed by atoms with Gasteiger partial charge in [0.2, 0.25) is 0 Å². The standard InChI is InChI=1S/C17H18N4/c1-11-3-2-4-12(9-11)16-7-8-19-17-14-6-5-13(18)10-15(14)20-21(16)17/h2-6,9-10,16,19H,7-8,18H2,1H3. The number of hydrogen-bond acceptors (Lipinski definition) is 3. The first-order valence-corrected chi connectivity index (χ1v) is 7.30. The number of nitrogens with two attached hydrogens (primary N) is 1. The number of rotatable bonds is 1. The van der Waals surface area contributed by atoms with Crippen molar-refractivity contribution >= 4 is 22.4 Å². The minimum absolute atomic E-state index is 0.287. The molecule has 1 aliphatic heterocycles. The van der Waals surface area contributed by atoms with E-state index in [0.29, 0.717) is 0 Å². The van der Waals surface area contributed by atoms with Gasteiger partial charge in [-0.2, -0.15) is 5.10 Å². The number of nitrogen functional groups attached to an aromatic ring is 1. The van der Waals surface area contributed by atoms with Crippen molar-refractivity contribution in [1.82, 2.24) is 9.78 Å². The van der Waals surface area contributed by atoms with E-state index in [-0.39, 0.29) is 6.04 Å². The van der Waals surface area contributed by atoms with Crippen molar-refractivity contribution < 1.29 is 0 Å². The van der Waals surface area contributed by atoms with Gasteiger partial charge in [0.05, 0.1) is 11.6 Å². The highest BCUT2D eigenvalue weighted by Gasteiger charge is 2.24. The first-order chi connectivity index (χ1) is 10.2. The fraction of sp³-hybridized carbons (Fsp3) is 0.235. The summed E-state index contributed by atoms with van der Waals surface area (Å²) in [5.74, 6) is 1.10. The average molecular weight is 278 g/mol. The molecule has 4 nitrogen and oxygen atoms in total. The fourth-order valence-electron chi connectivity index (χ4n) is 3.16. The van der Waals surface area contributed by atoms with Crippen LogP contribution in [0.2, 0.25) is 0 Å². The molecule has 4 heteroatoms. The quantitative estimate of drug-likeness (QED) is 0.671. The van der Waals surface area contributed by atoms with Crippen molar-refractivity contribution in [3.63, 3.8) is 0 Å². The van der Waals surface area contributed by atoms with Gasteiger partial charge in [-0.3, -0.25) is 0 Å². The molecule has 1 aromatic heterocycles. The van der Waals surface area contributed by atoms with Crippen LogP contribution in [0.5, 0.6) is 0 Å². The molecule has 2 heterocycles. The molecule has 0 amide bonds. The molecule has 4 rings (SSSR count). The van der Waals surface area contributed by atoms with Crippen molar-refractivity contribution in [3.8, 4) is 0 Å². The Hall–Kier alpha value is -2.49. The number of nitrogens with one attached hydrogen (secondary N) is 1. The predicted octanol–water partition coefficient (Wildman–Crippen LogP) is 3.33. The summed E-state index contributed by atoms with van der Waals surface area (Å²) < 4.78 is 2.11. The van der Waals surface area contributed by atoms with Crippen LogP contribution in [-0.2, 0) is 0 Å². The topological polar surface area (TPSA) is 55.9 Å². The predicted molar refractivity (Wildman–Crippen MR) is 86.6 cm³/mol. The van der Waals surface area contributed by atoms with E-state index >= 15 is 0 Å². The van der Waals surface area contributed by atoms with Crippen molar-refractivity contribution in [2.24, 2.45) is 0 Å². The molecule has 1 unspecified atom stereocenters. The molecule has 0 bridgehead atoms. The minimum atomic E-state index is 0.287. The SMILES string of the molecule is Cc1cccc(C2CCNc3c4ccc(N)cc4nn32)c1. The van der Waals surface area contributed by atoms with Crippen LogP contribution in [0.1, 0.15) is 23.6 Å². The van der Waals surface area contributed by atoms with Crippen molar-refractivity contribution in [1.29, 1.82) is 0 Å². The average Bonchev–Trinajstić information content (AvgIpc) is 2.84. The number of nitrogens with zero attached hydrogens (tertiary/aromatic N) is 2. The van der Waals surface area contributed by atoms with Crippen LogP contribution in [-0.4, -0.2) is 16.3 Å². The Morgan fingerprint density at radius 2 is 2.14 bits per heavy atom. The van der Waals surface area contributed by atoms with Crippen LogP contribution in [0.4, 0.5) is 11.5 Å². The zero-order valence-electron chi connectivity index (χ0n) is 12.0. The van der Waals surface area contributed by atoms with E-state index in [4.69, 9.17) is 10.8 Å². The summed E-state index contributed by atoms with van der Waals surface area (Å²) in [5, 5.41) is 9.40. The van der Waals surface area contributed by atoms with Gasteiger partial charge in [-0.25, -0.2) is 4.68 Å². The molecule has 106 valence electrons. The molecule has 0 aliphatic carbocycles. The molecular weight excluding hydrogens is 260 g/mol. The lowest BCUT2D eigenvalue weighted by Crippen LogP contribution is -2.24. The zero-order chi connectivity index (χ0) is 14.4. The van der Waals surface area contributed by atoms with E-state index in [1.54, 1.807) is 0 Å². The van der Waals surface area contributed by atoms with E-state index in [9.17, 15) is 0 Å². The van der Waals surface area contributed by atoms with E-state index in [0.717, 1.165) is 35.4 Å². The highest BCUT2D eigenvalue weighted by Crippen LogP contribution is 2.35. The maximum absolute atomic E-state index is 5.88. The number of benzene rings is 2. The molecule has 3 N–H and O–H groups in total. The molecule has 0 saturated carbocycles. The largest absolute Gasteiger partial charge is 0.399 e. The van der Waals surface area contributed by atoms with Gasteiger partial charge in [-0.05, 0) is 37.1 Å². The summed E-state index contributed by atoms with van der Waals surface area (Å²) in [6.45, 7) is 3.09. The van der Waals surface area contributed by atoms with Gasteiger partial charge in [-0.1, -0.05) is 29.8 Å². The fourth-order valence-corrected chi connectivity index (χ4v) is 3.16. The lowest BCUT2D eigenvalue weighted by atomic mass is 10.0. The molecule has 0 saturated heterocycles. The number of fused-ring (bicyclic) bond motifs is 3. The Morgan fingerprint density at radius 3 is 3.00 bits per heavy atom. The summed E-state index contributed by atoms with van der Waals surface area (Å²) in [5.41, 5.74) is 10.2. The molecule has 2 aromatic carbocycles. The number of anilines is 2. The van der Waals surface area contributed by atoms with E-state index in [1.165, 1.54) is 11.1 Å². The highest BCUT2D eigenvalue weighted by molar-refractivity contribution is 5.92. The van der Waals surface area contributed by atoms with Gasteiger partial charge in [-0.15, -0.1) is 0 Å². The maximum atomic E-state index is 5.88. The Balaban J connectivity index is 1.90. The van der Waals surface area contributed by atoms with Crippen LogP contribution < -0.4 is 11.1 Å². The molecule has 0 radical (unpaired) electrons. The lowest BCUT2D eigenvalue weighted by molar-refractivity contribution is 0.485. The second-order valence-corrected chi connectivity index (χ2v) is 5.72. The maximum Gasteiger partial charge on any atom is 0.132 e. The molecule has 3 aromatic rings. The lowest BCUT2D eigenvalue weighted by Gasteiger charge is -2.26. The summed E-state index contributed by atoms with van der Waals surface area (Å²) in [7, 11) is 0. The second kappa shape index (κ2) is 4.52. The first kappa shape index (κ1) is 12.3. The van der Waals surface area contributed by atoms with Crippen LogP contribution in [0, 0.1) is 6.92 Å². The van der Waals surface area contributed by atoms with E-state index in [2.05, 4.69) is 47.3 Å². The smallest absolute Gasteiger partial charge is 0.132 e. The van der Waals surface area contributed by atoms with Gasteiger partial charge in [0.25, 0.3) is 0 Å². The third kappa shape index (κ3) is 1.95. The molecule has 0 fully saturated rings. The highest BCUT2D eigenvalue weighted by atomic mass is 15.4. The summed E-state index contributed by atoms with van der Waals surface area (Å²) >= 11 is 0. The van der Waals surface area contributed by atoms with Gasteiger partial charge in [0.1, 0.15) is 5.82 Å². The molecule has 1 aliphatic rings. The zero-order valence-corrected chi connectivity index (χ0v) is 12.0. The van der Waals surface area contributed by atoms with Crippen LogP contribution in [0.3, 0.4) is 0 Å². The Kier molecular flexibility index (Phi) is 2.64. The molecular formula is C17H18N4. The van der Waals surface area contributed by atoms with Crippen molar-refractivity contribution in [3.05, 3.63) is 53.6 Å². The monoisotopic (exact) mass is 278 g/mol. The summed E-state index contributed by atoms with van der Waals surface area (Å²) in [4.78, 5) is 0. The van der Waals surface area contributed by atoms with Gasteiger partial charge < -0.3 is 11.1 Å². The molecule has 21 heavy (non-hydrogen) atoms. The molecule has 0 spiro atoms. The van der Waals surface area contributed by atoms with Gasteiger partial charge in [0, 0.05) is 17.6 Å². The van der Waals surface area contributed by atoms with Crippen LogP contribution in [0.25, 0.3) is 10.9 Å². The number of hydrogen-bond donors (Lipinski definition) is 2. The van der Waals surface area contributed by atoms with Crippen molar-refractivity contribution in [2.75, 3.05) is 17.6 Å². The third-order valence-electron chi connectivity index (χ3n) is 4.15. The first-order valence-electron chi connectivity index (χ1n) is 7.30. The van der Waals surface area contributed by atoms with Crippen LogP contribution in [0.15, 0.2) is 42.5 Å². The Morgan fingerprint density at radius 1 is 1.24 bits per heavy atom. The minimum Gasteiger partial charge on any atom is -0.399 e. The van der Waals surface area contributed by atoms with Crippen molar-refractivity contribution in [2.45, 2.75) is 19.4 Å².